The average molecular weight is 395 g/mol. The van der Waals surface area contributed by atoms with Crippen molar-refractivity contribution in [3.05, 3.63) is 41.9 Å². The molecule has 8 nitrogen and oxygen atoms in total. The number of amides is 1. The average Bonchev–Trinajstić information content (AvgIpc) is 3.42. The van der Waals surface area contributed by atoms with Crippen LogP contribution in [0.1, 0.15) is 30.2 Å². The van der Waals surface area contributed by atoms with Crippen molar-refractivity contribution in [2.75, 3.05) is 37.7 Å². The molecule has 1 unspecified atom stereocenters. The third-order valence-electron chi connectivity index (χ3n) is 5.65. The quantitative estimate of drug-likeness (QED) is 0.665. The van der Waals surface area contributed by atoms with E-state index in [4.69, 9.17) is 9.26 Å². The minimum atomic E-state index is -0.261. The minimum absolute atomic E-state index is 0.00246. The van der Waals surface area contributed by atoms with Crippen LogP contribution in [-0.2, 0) is 16.0 Å². The zero-order valence-corrected chi connectivity index (χ0v) is 16.3. The van der Waals surface area contributed by atoms with Crippen molar-refractivity contribution in [2.24, 2.45) is 5.92 Å². The van der Waals surface area contributed by atoms with Crippen molar-refractivity contribution >= 4 is 22.8 Å². The highest BCUT2D eigenvalue weighted by Crippen LogP contribution is 2.39. The van der Waals surface area contributed by atoms with Crippen molar-refractivity contribution in [3.8, 4) is 0 Å². The maximum atomic E-state index is 12.8. The Balaban J connectivity index is 1.18. The first-order valence-corrected chi connectivity index (χ1v) is 10.3. The number of nitrogens with zero attached hydrogens (tertiary/aromatic N) is 3. The fourth-order valence-electron chi connectivity index (χ4n) is 3.81. The number of hydrogen-bond donors (Lipinski definition) is 2. The second-order valence-corrected chi connectivity index (χ2v) is 7.83. The molecule has 1 aliphatic carbocycles. The molecule has 1 aromatic carbocycles. The van der Waals surface area contributed by atoms with Gasteiger partial charge in [-0.05, 0) is 36.0 Å². The predicted molar refractivity (Wildman–Crippen MR) is 108 cm³/mol. The number of hydrogen-bond acceptors (Lipinski definition) is 6. The normalized spacial score (nSPS) is 20.0. The summed E-state index contributed by atoms with van der Waals surface area (Å²) in [6.07, 6.45) is 5.03. The van der Waals surface area contributed by atoms with Gasteiger partial charge in [-0.25, -0.2) is 0 Å². The number of nitrogens with one attached hydrogen (secondary N) is 2. The fourth-order valence-corrected chi connectivity index (χ4v) is 3.81. The number of rotatable bonds is 6. The highest BCUT2D eigenvalue weighted by Gasteiger charge is 2.32. The van der Waals surface area contributed by atoms with Crippen LogP contribution in [0.5, 0.6) is 0 Å². The summed E-state index contributed by atoms with van der Waals surface area (Å²) >= 11 is 0. The molecule has 3 aromatic rings. The van der Waals surface area contributed by atoms with E-state index in [1.54, 1.807) is 0 Å². The van der Waals surface area contributed by atoms with Crippen molar-refractivity contribution < 1.29 is 14.1 Å². The highest BCUT2D eigenvalue weighted by molar-refractivity contribution is 5.83. The molecule has 152 valence electrons. The van der Waals surface area contributed by atoms with Gasteiger partial charge < -0.3 is 24.5 Å². The van der Waals surface area contributed by atoms with Crippen molar-refractivity contribution in [1.82, 2.24) is 20.4 Å². The molecule has 0 bridgehead atoms. The summed E-state index contributed by atoms with van der Waals surface area (Å²) in [5.41, 5.74) is 2.33. The second-order valence-electron chi connectivity index (χ2n) is 7.83. The van der Waals surface area contributed by atoms with Gasteiger partial charge in [0.05, 0.1) is 19.1 Å². The van der Waals surface area contributed by atoms with Crippen molar-refractivity contribution in [3.63, 3.8) is 0 Å². The highest BCUT2D eigenvalue weighted by atomic mass is 16.5. The van der Waals surface area contributed by atoms with Gasteiger partial charge in [0.15, 0.2) is 0 Å². The number of fused-ring (bicyclic) bond motifs is 1. The number of aromatic amines is 1. The van der Waals surface area contributed by atoms with E-state index >= 15 is 0 Å². The van der Waals surface area contributed by atoms with E-state index < -0.39 is 0 Å². The van der Waals surface area contributed by atoms with Crippen LogP contribution in [0.25, 0.3) is 10.9 Å². The molecule has 5 rings (SSSR count). The van der Waals surface area contributed by atoms with Gasteiger partial charge in [-0.1, -0.05) is 18.2 Å². The predicted octanol–water partition coefficient (Wildman–Crippen LogP) is 2.24. The van der Waals surface area contributed by atoms with E-state index in [-0.39, 0.29) is 11.8 Å². The second kappa shape index (κ2) is 7.87. The van der Waals surface area contributed by atoms with E-state index in [0.717, 1.165) is 24.8 Å². The lowest BCUT2D eigenvalue weighted by atomic mass is 10.1. The van der Waals surface area contributed by atoms with Gasteiger partial charge in [-0.2, -0.15) is 4.98 Å². The third-order valence-corrected chi connectivity index (χ3v) is 5.65. The molecule has 1 amide bonds. The summed E-state index contributed by atoms with van der Waals surface area (Å²) in [5.74, 6) is 1.44. The van der Waals surface area contributed by atoms with Crippen LogP contribution in [0.4, 0.5) is 5.95 Å². The summed E-state index contributed by atoms with van der Waals surface area (Å²) in [5, 5.41) is 8.38. The van der Waals surface area contributed by atoms with Crippen LogP contribution in [0.15, 0.2) is 35.0 Å². The van der Waals surface area contributed by atoms with Gasteiger partial charge >= 0.3 is 0 Å². The first-order valence-electron chi connectivity index (χ1n) is 10.3. The molecule has 2 aliphatic rings. The monoisotopic (exact) mass is 395 g/mol. The lowest BCUT2D eigenvalue weighted by Gasteiger charge is -2.21. The summed E-state index contributed by atoms with van der Waals surface area (Å²) < 4.78 is 11.0. The Bertz CT molecular complexity index is 993. The molecule has 8 heteroatoms. The number of anilines is 1. The van der Waals surface area contributed by atoms with E-state index in [1.807, 2.05) is 23.2 Å². The van der Waals surface area contributed by atoms with E-state index in [2.05, 4.69) is 32.6 Å². The topological polar surface area (TPSA) is 96.3 Å². The van der Waals surface area contributed by atoms with E-state index in [0.29, 0.717) is 50.6 Å². The number of aromatic nitrogens is 3. The maximum absolute atomic E-state index is 12.8. The number of benzene rings is 1. The first kappa shape index (κ1) is 18.2. The van der Waals surface area contributed by atoms with Gasteiger partial charge in [0, 0.05) is 42.7 Å². The van der Waals surface area contributed by atoms with Gasteiger partial charge in [0.1, 0.15) is 0 Å². The molecule has 1 atom stereocenters. The molecule has 2 aromatic heterocycles. The number of H-pyrrole nitrogens is 1. The smallest absolute Gasteiger partial charge is 0.266 e. The summed E-state index contributed by atoms with van der Waals surface area (Å²) in [4.78, 5) is 22.5. The standard InChI is InChI=1S/C21H25N5O3/c27-19(22-8-7-15-11-23-18-4-2-1-3-17(15)18)16-12-26(9-10-28-13-16)21-24-20(29-25-21)14-5-6-14/h1-4,11,14,16,23H,5-10,12-13H2,(H,22,27). The molecule has 1 saturated heterocycles. The van der Waals surface area contributed by atoms with Gasteiger partial charge in [-0.3, -0.25) is 4.79 Å². The van der Waals surface area contributed by atoms with Crippen LogP contribution in [0, 0.1) is 5.92 Å². The van der Waals surface area contributed by atoms with Crippen molar-refractivity contribution in [1.29, 1.82) is 0 Å². The minimum Gasteiger partial charge on any atom is -0.379 e. The Labute approximate surface area is 168 Å². The Morgan fingerprint density at radius 2 is 2.21 bits per heavy atom. The molecule has 0 radical (unpaired) electrons. The summed E-state index contributed by atoms with van der Waals surface area (Å²) in [6.45, 7) is 2.73. The SMILES string of the molecule is O=C(NCCc1c[nH]c2ccccc12)C1COCCN(c2noc(C3CC3)n2)C1. The number of carbonyl (C=O) groups excluding carboxylic acids is 1. The van der Waals surface area contributed by atoms with Crippen LogP contribution in [0.2, 0.25) is 0 Å². The molecule has 2 fully saturated rings. The van der Waals surface area contributed by atoms with E-state index in [1.165, 1.54) is 10.9 Å². The zero-order chi connectivity index (χ0) is 19.6. The first-order chi connectivity index (χ1) is 14.3. The van der Waals surface area contributed by atoms with Gasteiger partial charge in [0.2, 0.25) is 11.8 Å². The van der Waals surface area contributed by atoms with Crippen molar-refractivity contribution in [2.45, 2.75) is 25.2 Å². The van der Waals surface area contributed by atoms with Crippen LogP contribution < -0.4 is 10.2 Å². The third kappa shape index (κ3) is 3.98. The summed E-state index contributed by atoms with van der Waals surface area (Å²) in [6, 6.07) is 8.20. The number of carbonyl (C=O) groups is 1. The zero-order valence-electron chi connectivity index (χ0n) is 16.3. The number of ether oxygens (including phenoxy) is 1. The van der Waals surface area contributed by atoms with E-state index in [9.17, 15) is 4.79 Å². The molecule has 3 heterocycles. The van der Waals surface area contributed by atoms with Crippen LogP contribution >= 0.6 is 0 Å². The number of para-hydroxylation sites is 1. The molecule has 2 N–H and O–H groups in total. The van der Waals surface area contributed by atoms with Crippen LogP contribution in [0.3, 0.4) is 0 Å². The fraction of sp³-hybridized carbons (Fsp3) is 0.476. The molecule has 29 heavy (non-hydrogen) atoms. The molecule has 1 aliphatic heterocycles. The Hall–Kier alpha value is -2.87. The molecule has 1 saturated carbocycles. The molecular formula is C21H25N5O3. The van der Waals surface area contributed by atoms with Gasteiger partial charge in [-0.15, -0.1) is 0 Å². The largest absolute Gasteiger partial charge is 0.379 e. The Morgan fingerprint density at radius 1 is 1.31 bits per heavy atom. The molecular weight excluding hydrogens is 370 g/mol. The Morgan fingerprint density at radius 3 is 3.10 bits per heavy atom. The summed E-state index contributed by atoms with van der Waals surface area (Å²) in [7, 11) is 0. The maximum Gasteiger partial charge on any atom is 0.266 e. The van der Waals surface area contributed by atoms with Crippen LogP contribution in [-0.4, -0.2) is 53.9 Å². The lowest BCUT2D eigenvalue weighted by molar-refractivity contribution is -0.126. The molecule has 0 spiro atoms. The lowest BCUT2D eigenvalue weighted by Crippen LogP contribution is -2.40. The Kier molecular flexibility index (Phi) is 4.93. The van der Waals surface area contributed by atoms with Gasteiger partial charge in [0.25, 0.3) is 5.95 Å².